The Morgan fingerprint density at radius 3 is 1.72 bits per heavy atom. The first-order valence-corrected chi connectivity index (χ1v) is 11.3. The minimum atomic E-state index is -3.08. The molecule has 0 radical (unpaired) electrons. The quantitative estimate of drug-likeness (QED) is 0.456. The summed E-state index contributed by atoms with van der Waals surface area (Å²) in [5, 5.41) is 5.01. The van der Waals surface area contributed by atoms with Crippen LogP contribution in [0.1, 0.15) is 35.8 Å². The van der Waals surface area contributed by atoms with Crippen molar-refractivity contribution in [3.05, 3.63) is 96.1 Å². The Balaban J connectivity index is 2.02. The maximum absolute atomic E-state index is 14.3. The first kappa shape index (κ1) is 21.0. The summed E-state index contributed by atoms with van der Waals surface area (Å²) in [6.45, 7) is 4.18. The normalized spacial score (nSPS) is 12.6. The minimum Gasteiger partial charge on any atom is -0.465 e. The topological polar surface area (TPSA) is 55.4 Å². The number of nitrogens with one attached hydrogen (secondary N) is 1. The predicted molar refractivity (Wildman–Crippen MR) is 118 cm³/mol. The fraction of sp³-hybridized carbons (Fsp3) is 0.208. The van der Waals surface area contributed by atoms with Crippen molar-refractivity contribution in [2.24, 2.45) is 5.92 Å². The molecule has 0 spiro atoms. The van der Waals surface area contributed by atoms with Gasteiger partial charge in [-0.25, -0.2) is 4.79 Å². The summed E-state index contributed by atoms with van der Waals surface area (Å²) >= 11 is 0. The van der Waals surface area contributed by atoms with Crippen LogP contribution >= 0.6 is 7.29 Å². The number of ether oxygens (including phenoxy) is 1. The fourth-order valence-electron chi connectivity index (χ4n) is 3.32. The number of esters is 1. The molecule has 0 aliphatic rings. The van der Waals surface area contributed by atoms with Crippen LogP contribution in [0.5, 0.6) is 0 Å². The van der Waals surface area contributed by atoms with Gasteiger partial charge in [0.1, 0.15) is 0 Å². The summed E-state index contributed by atoms with van der Waals surface area (Å²) in [5.41, 5.74) is 1.47. The van der Waals surface area contributed by atoms with E-state index < -0.39 is 7.29 Å². The second-order valence-corrected chi connectivity index (χ2v) is 9.75. The molecule has 0 bridgehead atoms. The van der Waals surface area contributed by atoms with Crippen LogP contribution in [0.3, 0.4) is 0 Å². The van der Waals surface area contributed by atoms with Crippen LogP contribution in [0.2, 0.25) is 0 Å². The molecule has 29 heavy (non-hydrogen) atoms. The molecular formula is C24H26NO3P. The van der Waals surface area contributed by atoms with Crippen molar-refractivity contribution in [2.45, 2.75) is 19.9 Å². The first-order valence-electron chi connectivity index (χ1n) is 9.63. The predicted octanol–water partition coefficient (Wildman–Crippen LogP) is 4.69. The van der Waals surface area contributed by atoms with Gasteiger partial charge in [0.05, 0.1) is 12.7 Å². The highest BCUT2D eigenvalue weighted by Crippen LogP contribution is 2.43. The second kappa shape index (κ2) is 9.21. The number of rotatable bonds is 7. The second-order valence-electron chi connectivity index (χ2n) is 7.24. The molecule has 0 heterocycles. The van der Waals surface area contributed by atoms with Crippen molar-refractivity contribution in [1.29, 1.82) is 0 Å². The molecule has 1 N–H and O–H groups in total. The first-order chi connectivity index (χ1) is 14.0. The molecule has 3 rings (SSSR count). The zero-order chi connectivity index (χ0) is 20.9. The monoisotopic (exact) mass is 407 g/mol. The largest absolute Gasteiger partial charge is 0.465 e. The molecule has 0 aliphatic heterocycles. The van der Waals surface area contributed by atoms with E-state index in [9.17, 15) is 9.36 Å². The van der Waals surface area contributed by atoms with Gasteiger partial charge in [0.2, 0.25) is 7.29 Å². The lowest BCUT2D eigenvalue weighted by molar-refractivity contribution is 0.0600. The molecule has 0 unspecified atom stereocenters. The number of carbonyl (C=O) groups is 1. The summed E-state index contributed by atoms with van der Waals surface area (Å²) in [6, 6.07) is 26.2. The van der Waals surface area contributed by atoms with Gasteiger partial charge < -0.3 is 4.74 Å². The molecule has 150 valence electrons. The highest BCUT2D eigenvalue weighted by atomic mass is 31.2. The van der Waals surface area contributed by atoms with Gasteiger partial charge in [-0.2, -0.15) is 0 Å². The molecule has 0 aromatic heterocycles. The number of hydrogen-bond acceptors (Lipinski definition) is 3. The van der Waals surface area contributed by atoms with E-state index in [1.165, 1.54) is 7.11 Å². The summed E-state index contributed by atoms with van der Waals surface area (Å²) in [5.74, 6) is -0.190. The van der Waals surface area contributed by atoms with Crippen molar-refractivity contribution in [3.8, 4) is 0 Å². The SMILES string of the molecule is COC(=O)c1ccc([C@@H](NP(=O)(c2ccccc2)c2ccccc2)C(C)C)cc1. The van der Waals surface area contributed by atoms with Crippen molar-refractivity contribution in [1.82, 2.24) is 5.09 Å². The summed E-state index contributed by atoms with van der Waals surface area (Å²) in [7, 11) is -1.71. The van der Waals surface area contributed by atoms with Crippen LogP contribution in [0.4, 0.5) is 0 Å². The molecule has 0 fully saturated rings. The summed E-state index contributed by atoms with van der Waals surface area (Å²) in [4.78, 5) is 11.7. The fourth-order valence-corrected chi connectivity index (χ4v) is 5.94. The maximum atomic E-state index is 14.3. The molecule has 5 heteroatoms. The lowest BCUT2D eigenvalue weighted by Crippen LogP contribution is -2.32. The van der Waals surface area contributed by atoms with Gasteiger partial charge in [0.15, 0.2) is 0 Å². The van der Waals surface area contributed by atoms with Crippen LogP contribution < -0.4 is 15.7 Å². The van der Waals surface area contributed by atoms with Crippen LogP contribution in [-0.2, 0) is 9.30 Å². The lowest BCUT2D eigenvalue weighted by Gasteiger charge is -2.30. The van der Waals surface area contributed by atoms with Crippen molar-refractivity contribution in [2.75, 3.05) is 7.11 Å². The Hall–Kier alpha value is -2.68. The molecule has 1 atom stereocenters. The Morgan fingerprint density at radius 2 is 1.31 bits per heavy atom. The van der Waals surface area contributed by atoms with Gasteiger partial charge in [0.25, 0.3) is 0 Å². The minimum absolute atomic E-state index is 0.159. The van der Waals surface area contributed by atoms with E-state index in [4.69, 9.17) is 4.74 Å². The van der Waals surface area contributed by atoms with Gasteiger partial charge >= 0.3 is 5.97 Å². The van der Waals surface area contributed by atoms with Gasteiger partial charge in [-0.15, -0.1) is 0 Å². The summed E-state index contributed by atoms with van der Waals surface area (Å²) < 4.78 is 19.1. The Morgan fingerprint density at radius 1 is 0.828 bits per heavy atom. The highest BCUT2D eigenvalue weighted by Gasteiger charge is 2.31. The van der Waals surface area contributed by atoms with E-state index in [2.05, 4.69) is 18.9 Å². The average molecular weight is 407 g/mol. The smallest absolute Gasteiger partial charge is 0.337 e. The zero-order valence-corrected chi connectivity index (χ0v) is 17.8. The Bertz CT molecular complexity index is 942. The van der Waals surface area contributed by atoms with Gasteiger partial charge in [-0.05, 0) is 47.9 Å². The van der Waals surface area contributed by atoms with E-state index >= 15 is 0 Å². The number of methoxy groups -OCH3 is 1. The Kier molecular flexibility index (Phi) is 6.68. The van der Waals surface area contributed by atoms with Gasteiger partial charge in [-0.3, -0.25) is 9.65 Å². The zero-order valence-electron chi connectivity index (χ0n) is 16.9. The molecule has 0 saturated heterocycles. The van der Waals surface area contributed by atoms with E-state index in [-0.39, 0.29) is 17.9 Å². The molecule has 0 aliphatic carbocycles. The van der Waals surface area contributed by atoms with Crippen molar-refractivity contribution < 1.29 is 14.1 Å². The van der Waals surface area contributed by atoms with E-state index in [1.807, 2.05) is 72.8 Å². The van der Waals surface area contributed by atoms with Gasteiger partial charge in [0, 0.05) is 16.7 Å². The van der Waals surface area contributed by atoms with Crippen LogP contribution in [0, 0.1) is 5.92 Å². The van der Waals surface area contributed by atoms with E-state index in [1.54, 1.807) is 12.1 Å². The van der Waals surface area contributed by atoms with E-state index in [0.29, 0.717) is 5.56 Å². The molecule has 3 aromatic rings. The Labute approximate surface area is 172 Å². The standard InChI is InChI=1S/C24H26NO3P/c1-18(2)23(19-14-16-20(17-15-19)24(26)28-3)25-29(27,21-10-6-4-7-11-21)22-12-8-5-9-13-22/h4-18,23H,1-3H3,(H,25,27)/t23-/m0/s1. The molecular weight excluding hydrogens is 381 g/mol. The third kappa shape index (κ3) is 4.67. The van der Waals surface area contributed by atoms with Crippen LogP contribution in [0.15, 0.2) is 84.9 Å². The molecule has 0 saturated carbocycles. The number of benzene rings is 3. The average Bonchev–Trinajstić information content (AvgIpc) is 2.78. The van der Waals surface area contributed by atoms with E-state index in [0.717, 1.165) is 16.2 Å². The van der Waals surface area contributed by atoms with Gasteiger partial charge in [-0.1, -0.05) is 62.4 Å². The summed E-state index contributed by atoms with van der Waals surface area (Å²) in [6.07, 6.45) is 0. The van der Waals surface area contributed by atoms with Crippen LogP contribution in [0.25, 0.3) is 0 Å². The number of hydrogen-bond donors (Lipinski definition) is 1. The third-order valence-electron chi connectivity index (χ3n) is 4.92. The molecule has 0 amide bonds. The maximum Gasteiger partial charge on any atom is 0.337 e. The highest BCUT2D eigenvalue weighted by molar-refractivity contribution is 7.76. The number of carbonyl (C=O) groups excluding carboxylic acids is 1. The van der Waals surface area contributed by atoms with Crippen LogP contribution in [-0.4, -0.2) is 13.1 Å². The molecule has 3 aromatic carbocycles. The lowest BCUT2D eigenvalue weighted by atomic mass is 9.96. The third-order valence-corrected chi connectivity index (χ3v) is 7.61. The van der Waals surface area contributed by atoms with Crippen molar-refractivity contribution in [3.63, 3.8) is 0 Å². The van der Waals surface area contributed by atoms with Crippen molar-refractivity contribution >= 4 is 23.9 Å². The molecule has 4 nitrogen and oxygen atoms in total.